The SMILES string of the molecule is CCOc1ccc(-n2c(SCc3nnn(C)n3)nc3ccccc3c2=O)cc1. The molecule has 8 nitrogen and oxygen atoms in total. The predicted molar refractivity (Wildman–Crippen MR) is 107 cm³/mol. The van der Waals surface area contributed by atoms with Crippen molar-refractivity contribution in [3.05, 3.63) is 64.7 Å². The summed E-state index contributed by atoms with van der Waals surface area (Å²) in [5.41, 5.74) is 1.26. The van der Waals surface area contributed by atoms with Gasteiger partial charge >= 0.3 is 0 Å². The number of benzene rings is 2. The first-order valence-corrected chi connectivity index (χ1v) is 9.75. The molecular weight excluding hydrogens is 376 g/mol. The lowest BCUT2D eigenvalue weighted by molar-refractivity contribution is 0.340. The molecule has 0 bridgehead atoms. The minimum Gasteiger partial charge on any atom is -0.494 e. The van der Waals surface area contributed by atoms with E-state index in [1.807, 2.05) is 49.4 Å². The van der Waals surface area contributed by atoms with Crippen LogP contribution in [0.5, 0.6) is 5.75 Å². The van der Waals surface area contributed by atoms with Gasteiger partial charge in [0.05, 0.1) is 36.0 Å². The van der Waals surface area contributed by atoms with E-state index in [0.717, 1.165) is 11.4 Å². The van der Waals surface area contributed by atoms with Gasteiger partial charge in [-0.1, -0.05) is 23.9 Å². The van der Waals surface area contributed by atoms with Gasteiger partial charge in [-0.2, -0.15) is 4.80 Å². The molecule has 0 atom stereocenters. The van der Waals surface area contributed by atoms with Crippen molar-refractivity contribution < 1.29 is 4.74 Å². The van der Waals surface area contributed by atoms with Gasteiger partial charge in [0.2, 0.25) is 0 Å². The monoisotopic (exact) mass is 394 g/mol. The first-order valence-electron chi connectivity index (χ1n) is 8.76. The average Bonchev–Trinajstić information content (AvgIpc) is 3.13. The third-order valence-corrected chi connectivity index (χ3v) is 4.97. The number of thioether (sulfide) groups is 1. The number of tetrazole rings is 1. The van der Waals surface area contributed by atoms with Crippen LogP contribution in [0.4, 0.5) is 0 Å². The van der Waals surface area contributed by atoms with Crippen LogP contribution < -0.4 is 10.3 Å². The van der Waals surface area contributed by atoms with Gasteiger partial charge in [-0.15, -0.1) is 10.2 Å². The van der Waals surface area contributed by atoms with Crippen molar-refractivity contribution in [2.75, 3.05) is 6.61 Å². The topological polar surface area (TPSA) is 87.7 Å². The van der Waals surface area contributed by atoms with Crippen LogP contribution in [0.2, 0.25) is 0 Å². The van der Waals surface area contributed by atoms with Gasteiger partial charge in [0, 0.05) is 0 Å². The van der Waals surface area contributed by atoms with E-state index >= 15 is 0 Å². The summed E-state index contributed by atoms with van der Waals surface area (Å²) in [5.74, 6) is 1.79. The summed E-state index contributed by atoms with van der Waals surface area (Å²) in [7, 11) is 1.71. The number of hydrogen-bond acceptors (Lipinski definition) is 7. The van der Waals surface area contributed by atoms with Crippen LogP contribution in [0.3, 0.4) is 0 Å². The van der Waals surface area contributed by atoms with E-state index in [2.05, 4.69) is 15.4 Å². The van der Waals surface area contributed by atoms with Crippen molar-refractivity contribution in [3.8, 4) is 11.4 Å². The molecule has 0 N–H and O–H groups in total. The van der Waals surface area contributed by atoms with Crippen LogP contribution in [-0.4, -0.2) is 36.4 Å². The van der Waals surface area contributed by atoms with E-state index in [4.69, 9.17) is 9.72 Å². The fourth-order valence-corrected chi connectivity index (χ4v) is 3.66. The zero-order valence-corrected chi connectivity index (χ0v) is 16.3. The Morgan fingerprint density at radius 2 is 1.89 bits per heavy atom. The highest BCUT2D eigenvalue weighted by Crippen LogP contribution is 2.24. The normalized spacial score (nSPS) is 11.1. The Kier molecular flexibility index (Phi) is 5.07. The zero-order valence-electron chi connectivity index (χ0n) is 15.4. The molecule has 0 saturated heterocycles. The van der Waals surface area contributed by atoms with Crippen LogP contribution in [0.15, 0.2) is 58.5 Å². The number of aromatic nitrogens is 6. The van der Waals surface area contributed by atoms with Crippen molar-refractivity contribution in [1.82, 2.24) is 29.8 Å². The quantitative estimate of drug-likeness (QED) is 0.367. The van der Waals surface area contributed by atoms with Gasteiger partial charge in [0.1, 0.15) is 5.75 Å². The largest absolute Gasteiger partial charge is 0.494 e. The van der Waals surface area contributed by atoms with Crippen molar-refractivity contribution in [1.29, 1.82) is 0 Å². The molecule has 28 heavy (non-hydrogen) atoms. The van der Waals surface area contributed by atoms with Crippen LogP contribution in [-0.2, 0) is 12.8 Å². The minimum atomic E-state index is -0.121. The molecule has 2 aromatic heterocycles. The second-order valence-corrected chi connectivity index (χ2v) is 6.91. The van der Waals surface area contributed by atoms with Gasteiger partial charge in [-0.3, -0.25) is 9.36 Å². The first-order chi connectivity index (χ1) is 13.7. The van der Waals surface area contributed by atoms with Gasteiger partial charge in [-0.05, 0) is 48.5 Å². The maximum Gasteiger partial charge on any atom is 0.266 e. The van der Waals surface area contributed by atoms with Crippen LogP contribution in [0.25, 0.3) is 16.6 Å². The molecule has 4 rings (SSSR count). The summed E-state index contributed by atoms with van der Waals surface area (Å²) in [5, 5.41) is 13.2. The fourth-order valence-electron chi connectivity index (χ4n) is 2.81. The maximum atomic E-state index is 13.2. The summed E-state index contributed by atoms with van der Waals surface area (Å²) in [4.78, 5) is 19.3. The minimum absolute atomic E-state index is 0.121. The number of aryl methyl sites for hydroxylation is 1. The Morgan fingerprint density at radius 3 is 2.61 bits per heavy atom. The van der Waals surface area contributed by atoms with Crippen LogP contribution in [0.1, 0.15) is 12.7 Å². The number of para-hydroxylation sites is 1. The van der Waals surface area contributed by atoms with E-state index < -0.39 is 0 Å². The zero-order chi connectivity index (χ0) is 19.5. The molecule has 0 aliphatic heterocycles. The van der Waals surface area contributed by atoms with E-state index in [0.29, 0.717) is 34.2 Å². The molecule has 2 heterocycles. The molecule has 9 heteroatoms. The van der Waals surface area contributed by atoms with Gasteiger partial charge in [0.15, 0.2) is 11.0 Å². The molecule has 0 radical (unpaired) electrons. The fraction of sp³-hybridized carbons (Fsp3) is 0.211. The summed E-state index contributed by atoms with van der Waals surface area (Å²) in [6, 6.07) is 14.7. The molecule has 0 aliphatic rings. The van der Waals surface area contributed by atoms with E-state index in [9.17, 15) is 4.79 Å². The number of ether oxygens (including phenoxy) is 1. The summed E-state index contributed by atoms with van der Waals surface area (Å²) in [6.45, 7) is 2.52. The Balaban J connectivity index is 1.79. The van der Waals surface area contributed by atoms with Crippen LogP contribution >= 0.6 is 11.8 Å². The molecule has 0 amide bonds. The Labute approximate surface area is 165 Å². The molecule has 142 valence electrons. The Hall–Kier alpha value is -3.20. The molecule has 0 saturated carbocycles. The maximum absolute atomic E-state index is 13.2. The summed E-state index contributed by atoms with van der Waals surface area (Å²) < 4.78 is 7.11. The lowest BCUT2D eigenvalue weighted by Crippen LogP contribution is -2.21. The second kappa shape index (κ2) is 7.81. The number of nitrogens with zero attached hydrogens (tertiary/aromatic N) is 6. The summed E-state index contributed by atoms with van der Waals surface area (Å²) in [6.07, 6.45) is 0. The third-order valence-electron chi connectivity index (χ3n) is 4.03. The molecule has 2 aromatic carbocycles. The highest BCUT2D eigenvalue weighted by atomic mass is 32.2. The lowest BCUT2D eigenvalue weighted by atomic mass is 10.2. The first kappa shape index (κ1) is 18.2. The van der Waals surface area contributed by atoms with Crippen molar-refractivity contribution in [3.63, 3.8) is 0 Å². The summed E-state index contributed by atoms with van der Waals surface area (Å²) >= 11 is 1.39. The van der Waals surface area contributed by atoms with E-state index in [1.165, 1.54) is 16.6 Å². The second-order valence-electron chi connectivity index (χ2n) is 5.96. The average molecular weight is 394 g/mol. The third kappa shape index (κ3) is 3.61. The van der Waals surface area contributed by atoms with Crippen LogP contribution in [0, 0.1) is 0 Å². The molecule has 0 spiro atoms. The molecule has 4 aromatic rings. The van der Waals surface area contributed by atoms with Crippen molar-refractivity contribution >= 4 is 22.7 Å². The molecule has 0 unspecified atom stereocenters. The molecular formula is C19H18N6O2S. The Bertz CT molecular complexity index is 1170. The van der Waals surface area contributed by atoms with E-state index in [-0.39, 0.29) is 5.56 Å². The number of fused-ring (bicyclic) bond motifs is 1. The van der Waals surface area contributed by atoms with Gasteiger partial charge < -0.3 is 4.74 Å². The highest BCUT2D eigenvalue weighted by Gasteiger charge is 2.14. The standard InChI is InChI=1S/C19H18N6O2S/c1-3-27-14-10-8-13(9-11-14)25-18(26)15-6-4-5-7-16(15)20-19(25)28-12-17-21-23-24(2)22-17/h4-11H,3,12H2,1-2H3. The number of hydrogen-bond donors (Lipinski definition) is 0. The Morgan fingerprint density at radius 1 is 1.11 bits per heavy atom. The van der Waals surface area contributed by atoms with Gasteiger partial charge in [0.25, 0.3) is 5.56 Å². The predicted octanol–water partition coefficient (Wildman–Crippen LogP) is 2.60. The van der Waals surface area contributed by atoms with E-state index in [1.54, 1.807) is 17.7 Å². The lowest BCUT2D eigenvalue weighted by Gasteiger charge is -2.13. The molecule has 0 fully saturated rings. The smallest absolute Gasteiger partial charge is 0.266 e. The van der Waals surface area contributed by atoms with Crippen molar-refractivity contribution in [2.24, 2.45) is 7.05 Å². The number of rotatable bonds is 6. The van der Waals surface area contributed by atoms with Gasteiger partial charge in [-0.25, -0.2) is 4.98 Å². The molecule has 0 aliphatic carbocycles. The highest BCUT2D eigenvalue weighted by molar-refractivity contribution is 7.98. The van der Waals surface area contributed by atoms with Crippen molar-refractivity contribution in [2.45, 2.75) is 17.8 Å².